The highest BCUT2D eigenvalue weighted by Gasteiger charge is 2.18. The molecule has 0 aliphatic heterocycles. The van der Waals surface area contributed by atoms with E-state index in [2.05, 4.69) is 15.2 Å². The van der Waals surface area contributed by atoms with E-state index < -0.39 is 0 Å². The second-order valence-electron chi connectivity index (χ2n) is 5.85. The van der Waals surface area contributed by atoms with Crippen molar-refractivity contribution in [2.45, 2.75) is 48.0 Å². The number of carbonyl (C=O) groups excluding carboxylic acids is 1. The van der Waals surface area contributed by atoms with Crippen molar-refractivity contribution in [2.24, 2.45) is 7.05 Å². The minimum atomic E-state index is -0.235. The molecule has 0 unspecified atom stereocenters. The maximum absolute atomic E-state index is 11.8. The van der Waals surface area contributed by atoms with Crippen LogP contribution in [0.5, 0.6) is 0 Å². The standard InChI is InChI=1S/C17H21N5O2.C2H6/c1-6-24-16(23)8-14-10(2)19-22(12(14)4)15-7-13-9-21(5)20-17(13)18-11(15)3;1-2/h7,9H,6,8H2,1-5H3;1-2H3. The Hall–Kier alpha value is -2.70. The molecule has 0 N–H and O–H groups in total. The SMILES string of the molecule is CC.CCOC(=O)Cc1c(C)nn(-c2cc3cn(C)nc3nc2C)c1C. The predicted octanol–water partition coefficient (Wildman–Crippen LogP) is 3.21. The van der Waals surface area contributed by atoms with Crippen LogP contribution < -0.4 is 0 Å². The highest BCUT2D eigenvalue weighted by Crippen LogP contribution is 2.23. The van der Waals surface area contributed by atoms with E-state index in [0.29, 0.717) is 12.3 Å². The van der Waals surface area contributed by atoms with Gasteiger partial charge in [-0.05, 0) is 33.8 Å². The Balaban J connectivity index is 0.00000117. The van der Waals surface area contributed by atoms with Gasteiger partial charge in [0.25, 0.3) is 0 Å². The first-order valence-corrected chi connectivity index (χ1v) is 8.92. The summed E-state index contributed by atoms with van der Waals surface area (Å²) in [7, 11) is 1.87. The van der Waals surface area contributed by atoms with Gasteiger partial charge in [0.15, 0.2) is 5.65 Å². The van der Waals surface area contributed by atoms with Crippen molar-refractivity contribution >= 4 is 17.0 Å². The van der Waals surface area contributed by atoms with Crippen LogP contribution in [0.15, 0.2) is 12.3 Å². The Morgan fingerprint density at radius 3 is 2.50 bits per heavy atom. The number of carbonyl (C=O) groups is 1. The van der Waals surface area contributed by atoms with E-state index in [1.54, 1.807) is 11.6 Å². The minimum Gasteiger partial charge on any atom is -0.466 e. The van der Waals surface area contributed by atoms with Crippen molar-refractivity contribution in [1.82, 2.24) is 24.5 Å². The summed E-state index contributed by atoms with van der Waals surface area (Å²) < 4.78 is 8.65. The van der Waals surface area contributed by atoms with E-state index in [0.717, 1.165) is 33.7 Å². The van der Waals surface area contributed by atoms with Gasteiger partial charge in [0.2, 0.25) is 0 Å². The zero-order chi connectivity index (χ0) is 19.4. The maximum Gasteiger partial charge on any atom is 0.310 e. The molecule has 3 heterocycles. The number of fused-ring (bicyclic) bond motifs is 1. The molecule has 26 heavy (non-hydrogen) atoms. The van der Waals surface area contributed by atoms with Gasteiger partial charge >= 0.3 is 5.97 Å². The van der Waals surface area contributed by atoms with Crippen LogP contribution in [0.1, 0.15) is 43.4 Å². The van der Waals surface area contributed by atoms with Crippen LogP contribution in [0, 0.1) is 20.8 Å². The van der Waals surface area contributed by atoms with Crippen LogP contribution in [0.4, 0.5) is 0 Å². The predicted molar refractivity (Wildman–Crippen MR) is 102 cm³/mol. The number of hydrogen-bond acceptors (Lipinski definition) is 5. The van der Waals surface area contributed by atoms with Gasteiger partial charge in [-0.2, -0.15) is 10.2 Å². The van der Waals surface area contributed by atoms with Crippen LogP contribution in [-0.4, -0.2) is 37.1 Å². The van der Waals surface area contributed by atoms with E-state index >= 15 is 0 Å². The summed E-state index contributed by atoms with van der Waals surface area (Å²) in [6, 6.07) is 2.03. The highest BCUT2D eigenvalue weighted by molar-refractivity contribution is 5.77. The average Bonchev–Trinajstić information content (AvgIpc) is 3.09. The molecule has 7 heteroatoms. The van der Waals surface area contributed by atoms with Crippen molar-refractivity contribution in [1.29, 1.82) is 0 Å². The van der Waals surface area contributed by atoms with E-state index in [1.165, 1.54) is 0 Å². The van der Waals surface area contributed by atoms with Crippen LogP contribution in [-0.2, 0) is 23.0 Å². The van der Waals surface area contributed by atoms with Gasteiger partial charge in [-0.15, -0.1) is 0 Å². The normalized spacial score (nSPS) is 10.6. The van der Waals surface area contributed by atoms with Gasteiger partial charge in [-0.1, -0.05) is 13.8 Å². The van der Waals surface area contributed by atoms with Crippen molar-refractivity contribution in [3.8, 4) is 5.69 Å². The van der Waals surface area contributed by atoms with Crippen LogP contribution in [0.25, 0.3) is 16.7 Å². The fourth-order valence-electron chi connectivity index (χ4n) is 2.89. The molecule has 0 atom stereocenters. The zero-order valence-electron chi connectivity index (χ0n) is 16.6. The first-order chi connectivity index (χ1) is 12.4. The molecule has 0 spiro atoms. The van der Waals surface area contributed by atoms with E-state index in [-0.39, 0.29) is 12.4 Å². The molecule has 0 saturated heterocycles. The number of esters is 1. The lowest BCUT2D eigenvalue weighted by atomic mass is 10.1. The number of aromatic nitrogens is 5. The monoisotopic (exact) mass is 357 g/mol. The molecule has 0 aromatic carbocycles. The van der Waals surface area contributed by atoms with Gasteiger partial charge in [-0.25, -0.2) is 9.67 Å². The topological polar surface area (TPSA) is 74.8 Å². The lowest BCUT2D eigenvalue weighted by molar-refractivity contribution is -0.142. The van der Waals surface area contributed by atoms with Crippen LogP contribution >= 0.6 is 0 Å². The summed E-state index contributed by atoms with van der Waals surface area (Å²) >= 11 is 0. The zero-order valence-corrected chi connectivity index (χ0v) is 16.6. The number of hydrogen-bond donors (Lipinski definition) is 0. The smallest absolute Gasteiger partial charge is 0.310 e. The Morgan fingerprint density at radius 1 is 1.15 bits per heavy atom. The molecule has 0 amide bonds. The molecule has 7 nitrogen and oxygen atoms in total. The molecule has 3 aromatic heterocycles. The largest absolute Gasteiger partial charge is 0.466 e. The Morgan fingerprint density at radius 2 is 1.85 bits per heavy atom. The molecule has 3 rings (SSSR count). The van der Waals surface area contributed by atoms with Crippen LogP contribution in [0.3, 0.4) is 0 Å². The van der Waals surface area contributed by atoms with Gasteiger partial charge in [0, 0.05) is 29.9 Å². The lowest BCUT2D eigenvalue weighted by Crippen LogP contribution is -2.09. The van der Waals surface area contributed by atoms with Crippen molar-refractivity contribution in [2.75, 3.05) is 6.61 Å². The summed E-state index contributed by atoms with van der Waals surface area (Å²) in [5.74, 6) is -0.235. The molecule has 0 radical (unpaired) electrons. The summed E-state index contributed by atoms with van der Waals surface area (Å²) in [6.07, 6.45) is 2.16. The van der Waals surface area contributed by atoms with Crippen LogP contribution in [0.2, 0.25) is 0 Å². The van der Waals surface area contributed by atoms with Gasteiger partial charge in [0.1, 0.15) is 0 Å². The summed E-state index contributed by atoms with van der Waals surface area (Å²) in [4.78, 5) is 16.4. The molecule has 0 bridgehead atoms. The minimum absolute atomic E-state index is 0.229. The molecule has 0 aliphatic rings. The Bertz CT molecular complexity index is 924. The molecule has 3 aromatic rings. The van der Waals surface area contributed by atoms with Gasteiger partial charge in [0.05, 0.1) is 30.1 Å². The molecule has 0 fully saturated rings. The van der Waals surface area contributed by atoms with Crippen molar-refractivity contribution in [3.05, 3.63) is 34.9 Å². The van der Waals surface area contributed by atoms with E-state index in [1.807, 2.05) is 58.6 Å². The quantitative estimate of drug-likeness (QED) is 0.670. The molecular weight excluding hydrogens is 330 g/mol. The number of rotatable bonds is 4. The van der Waals surface area contributed by atoms with E-state index in [9.17, 15) is 4.79 Å². The van der Waals surface area contributed by atoms with Gasteiger partial charge < -0.3 is 4.74 Å². The number of pyridine rings is 1. The second-order valence-corrected chi connectivity index (χ2v) is 5.85. The second kappa shape index (κ2) is 8.12. The first-order valence-electron chi connectivity index (χ1n) is 8.92. The Labute approximate surface area is 154 Å². The summed E-state index contributed by atoms with van der Waals surface area (Å²) in [5, 5.41) is 9.89. The first kappa shape index (κ1) is 19.6. The number of ether oxygens (including phenoxy) is 1. The molecular formula is C19H27N5O2. The molecule has 0 saturated carbocycles. The molecule has 140 valence electrons. The number of nitrogens with zero attached hydrogens (tertiary/aromatic N) is 5. The highest BCUT2D eigenvalue weighted by atomic mass is 16.5. The Kier molecular flexibility index (Phi) is 6.13. The maximum atomic E-state index is 11.8. The number of aryl methyl sites for hydroxylation is 3. The third-order valence-electron chi connectivity index (χ3n) is 4.07. The fourth-order valence-corrected chi connectivity index (χ4v) is 2.89. The molecule has 0 aliphatic carbocycles. The third kappa shape index (κ3) is 3.76. The van der Waals surface area contributed by atoms with Crippen molar-refractivity contribution in [3.63, 3.8) is 0 Å². The van der Waals surface area contributed by atoms with Gasteiger partial charge in [-0.3, -0.25) is 9.48 Å². The summed E-state index contributed by atoms with van der Waals surface area (Å²) in [6.45, 7) is 12.0. The van der Waals surface area contributed by atoms with E-state index in [4.69, 9.17) is 4.74 Å². The third-order valence-corrected chi connectivity index (χ3v) is 4.07. The average molecular weight is 357 g/mol. The summed E-state index contributed by atoms with van der Waals surface area (Å²) in [5.41, 5.74) is 5.10. The lowest BCUT2D eigenvalue weighted by Gasteiger charge is -2.08. The van der Waals surface area contributed by atoms with Crippen molar-refractivity contribution < 1.29 is 9.53 Å². The fraction of sp³-hybridized carbons (Fsp3) is 0.474.